The molecule has 0 unspecified atom stereocenters. The number of methoxy groups -OCH3 is 3. The van der Waals surface area contributed by atoms with E-state index in [1.807, 2.05) is 46.4 Å². The monoisotopic (exact) mass is 612 g/mol. The third-order valence-corrected chi connectivity index (χ3v) is 9.02. The lowest BCUT2D eigenvalue weighted by Crippen LogP contribution is -2.60. The topological polar surface area (TPSA) is 118 Å². The number of nitrogens with one attached hydrogen (secondary N) is 1. The van der Waals surface area contributed by atoms with E-state index >= 15 is 0 Å². The second-order valence-electron chi connectivity index (χ2n) is 13.0. The van der Waals surface area contributed by atoms with Crippen LogP contribution in [0.5, 0.6) is 0 Å². The molecule has 0 spiro atoms. The third kappa shape index (κ3) is 9.80. The van der Waals surface area contributed by atoms with Crippen LogP contribution in [0.3, 0.4) is 0 Å². The molecule has 4 amide bonds. The Bertz CT molecular complexity index is 912. The first-order valence-electron chi connectivity index (χ1n) is 15.8. The van der Waals surface area contributed by atoms with E-state index < -0.39 is 36.2 Å². The Balaban J connectivity index is 3.27. The van der Waals surface area contributed by atoms with Gasteiger partial charge in [-0.15, -0.1) is 0 Å². The van der Waals surface area contributed by atoms with Gasteiger partial charge < -0.3 is 29.3 Å². The SMILES string of the molecule is CC[C@H](C)[C@@H]([C@@H](CC(=O)N1CCC[C@H]1[C@H](OC)C(C)C)OC)N(C)C(=O)[C@@H](NC(=O)[C@H](C(C)C)N(C)C(=O)OC)C(C)C. The number of hydrogen-bond acceptors (Lipinski definition) is 7. The highest BCUT2D eigenvalue weighted by Gasteiger charge is 2.42. The standard InChI is InChI=1S/C32H60N4O7/c1-14-22(8)28(24(41-11)18-25(37)36-17-15-16-23(36)29(42-12)21(6)7)34(9)31(39)26(19(2)3)33-30(38)27(20(4)5)35(10)32(40)43-13/h19-24,26-29H,14-18H2,1-13H3,(H,33,38)/t22-,23-,24+,26-,27-,28-,29+/m0/s1. The van der Waals surface area contributed by atoms with E-state index in [0.29, 0.717) is 6.54 Å². The number of amides is 4. The Kier molecular flexibility index (Phi) is 16.0. The fraction of sp³-hybridized carbons (Fsp3) is 0.875. The fourth-order valence-electron chi connectivity index (χ4n) is 6.49. The molecular weight excluding hydrogens is 552 g/mol. The van der Waals surface area contributed by atoms with Gasteiger partial charge in [-0.3, -0.25) is 19.3 Å². The van der Waals surface area contributed by atoms with Gasteiger partial charge in [0.1, 0.15) is 12.1 Å². The molecule has 7 atom stereocenters. The molecule has 1 N–H and O–H groups in total. The molecule has 0 saturated carbocycles. The highest BCUT2D eigenvalue weighted by molar-refractivity contribution is 5.91. The van der Waals surface area contributed by atoms with Crippen LogP contribution < -0.4 is 5.32 Å². The highest BCUT2D eigenvalue weighted by Crippen LogP contribution is 2.29. The molecule has 0 aromatic rings. The minimum Gasteiger partial charge on any atom is -0.453 e. The van der Waals surface area contributed by atoms with Gasteiger partial charge in [0.25, 0.3) is 0 Å². The molecule has 1 rings (SSSR count). The highest BCUT2D eigenvalue weighted by atomic mass is 16.5. The van der Waals surface area contributed by atoms with Crippen molar-refractivity contribution in [3.8, 4) is 0 Å². The number of nitrogens with zero attached hydrogens (tertiary/aromatic N) is 3. The average Bonchev–Trinajstić information content (AvgIpc) is 3.43. The molecular formula is C32H60N4O7. The summed E-state index contributed by atoms with van der Waals surface area (Å²) in [5, 5.41) is 2.92. The van der Waals surface area contributed by atoms with Gasteiger partial charge in [-0.2, -0.15) is 0 Å². The molecule has 0 bridgehead atoms. The number of likely N-dealkylation sites (tertiary alicyclic amines) is 1. The first-order valence-corrected chi connectivity index (χ1v) is 15.8. The van der Waals surface area contributed by atoms with Crippen LogP contribution >= 0.6 is 0 Å². The number of rotatable bonds is 16. The van der Waals surface area contributed by atoms with Crippen molar-refractivity contribution in [3.05, 3.63) is 0 Å². The van der Waals surface area contributed by atoms with Gasteiger partial charge in [-0.1, -0.05) is 61.8 Å². The summed E-state index contributed by atoms with van der Waals surface area (Å²) in [6.07, 6.45) is 1.48. The van der Waals surface area contributed by atoms with Crippen molar-refractivity contribution >= 4 is 23.8 Å². The van der Waals surface area contributed by atoms with Crippen LogP contribution in [0, 0.1) is 23.7 Å². The molecule has 250 valence electrons. The zero-order valence-corrected chi connectivity index (χ0v) is 29.0. The quantitative estimate of drug-likeness (QED) is 0.282. The molecule has 1 aliphatic rings. The summed E-state index contributed by atoms with van der Waals surface area (Å²) in [4.78, 5) is 58.3. The van der Waals surface area contributed by atoms with Gasteiger partial charge in [-0.25, -0.2) is 4.79 Å². The Labute approximate surface area is 260 Å². The first-order chi connectivity index (χ1) is 20.1. The molecule has 0 aromatic heterocycles. The van der Waals surface area contributed by atoms with Crippen molar-refractivity contribution in [2.45, 2.75) is 117 Å². The predicted molar refractivity (Wildman–Crippen MR) is 167 cm³/mol. The smallest absolute Gasteiger partial charge is 0.409 e. The van der Waals surface area contributed by atoms with Crippen molar-refractivity contribution < 1.29 is 33.4 Å². The summed E-state index contributed by atoms with van der Waals surface area (Å²) >= 11 is 0. The van der Waals surface area contributed by atoms with E-state index in [0.717, 1.165) is 19.3 Å². The molecule has 1 aliphatic heterocycles. The van der Waals surface area contributed by atoms with Crippen LogP contribution in [0.2, 0.25) is 0 Å². The van der Waals surface area contributed by atoms with E-state index in [9.17, 15) is 19.2 Å². The average molecular weight is 613 g/mol. The summed E-state index contributed by atoms with van der Waals surface area (Å²) in [5.74, 6) is -0.882. The molecule has 43 heavy (non-hydrogen) atoms. The molecule has 0 aromatic carbocycles. The lowest BCUT2D eigenvalue weighted by atomic mass is 9.89. The molecule has 0 radical (unpaired) electrons. The van der Waals surface area contributed by atoms with Crippen LogP contribution in [0.4, 0.5) is 4.79 Å². The van der Waals surface area contributed by atoms with Crippen LogP contribution in [-0.2, 0) is 28.6 Å². The fourth-order valence-corrected chi connectivity index (χ4v) is 6.49. The van der Waals surface area contributed by atoms with Crippen molar-refractivity contribution in [1.29, 1.82) is 0 Å². The van der Waals surface area contributed by atoms with Crippen molar-refractivity contribution in [2.75, 3.05) is 42.0 Å². The molecule has 0 aliphatic carbocycles. The summed E-state index contributed by atoms with van der Waals surface area (Å²) in [6, 6.07) is -2.07. The van der Waals surface area contributed by atoms with Crippen molar-refractivity contribution in [3.63, 3.8) is 0 Å². The maximum absolute atomic E-state index is 14.1. The van der Waals surface area contributed by atoms with Crippen molar-refractivity contribution in [1.82, 2.24) is 20.0 Å². The lowest BCUT2D eigenvalue weighted by Gasteiger charge is -2.41. The summed E-state index contributed by atoms with van der Waals surface area (Å²) in [7, 11) is 7.77. The van der Waals surface area contributed by atoms with Crippen molar-refractivity contribution in [2.24, 2.45) is 23.7 Å². The minimum absolute atomic E-state index is 0.00831. The molecule has 1 saturated heterocycles. The number of likely N-dealkylation sites (N-methyl/N-ethyl adjacent to an activating group) is 2. The molecule has 11 nitrogen and oxygen atoms in total. The second kappa shape index (κ2) is 17.8. The number of hydrogen-bond donors (Lipinski definition) is 1. The minimum atomic E-state index is -0.846. The third-order valence-electron chi connectivity index (χ3n) is 9.02. The van der Waals surface area contributed by atoms with Gasteiger partial charge >= 0.3 is 6.09 Å². The Morgan fingerprint density at radius 1 is 0.884 bits per heavy atom. The van der Waals surface area contributed by atoms with Gasteiger partial charge in [0.15, 0.2) is 0 Å². The summed E-state index contributed by atoms with van der Waals surface area (Å²) in [5.41, 5.74) is 0. The van der Waals surface area contributed by atoms with Crippen LogP contribution in [0.1, 0.15) is 81.1 Å². The van der Waals surface area contributed by atoms with Crippen LogP contribution in [-0.4, -0.2) is 117 Å². The Morgan fingerprint density at radius 3 is 1.93 bits per heavy atom. The molecule has 11 heteroatoms. The lowest BCUT2D eigenvalue weighted by molar-refractivity contribution is -0.147. The number of carbonyl (C=O) groups excluding carboxylic acids is 4. The van der Waals surface area contributed by atoms with E-state index in [1.54, 1.807) is 26.2 Å². The number of ether oxygens (including phenoxy) is 3. The number of carbonyl (C=O) groups is 4. The van der Waals surface area contributed by atoms with Gasteiger partial charge in [0.05, 0.1) is 37.8 Å². The summed E-state index contributed by atoms with van der Waals surface area (Å²) in [6.45, 7) is 16.4. The summed E-state index contributed by atoms with van der Waals surface area (Å²) < 4.78 is 16.6. The van der Waals surface area contributed by atoms with E-state index in [1.165, 1.54) is 19.1 Å². The van der Waals surface area contributed by atoms with Gasteiger partial charge in [0.2, 0.25) is 17.7 Å². The second-order valence-corrected chi connectivity index (χ2v) is 13.0. The van der Waals surface area contributed by atoms with E-state index in [2.05, 4.69) is 19.2 Å². The maximum Gasteiger partial charge on any atom is 0.409 e. The van der Waals surface area contributed by atoms with Gasteiger partial charge in [-0.05, 0) is 36.5 Å². The van der Waals surface area contributed by atoms with Crippen LogP contribution in [0.25, 0.3) is 0 Å². The van der Waals surface area contributed by atoms with Gasteiger partial charge in [0, 0.05) is 34.9 Å². The first kappa shape index (κ1) is 38.6. The molecule has 1 fully saturated rings. The predicted octanol–water partition coefficient (Wildman–Crippen LogP) is 3.79. The zero-order valence-electron chi connectivity index (χ0n) is 29.0. The Morgan fingerprint density at radius 2 is 1.49 bits per heavy atom. The van der Waals surface area contributed by atoms with E-state index in [4.69, 9.17) is 14.2 Å². The van der Waals surface area contributed by atoms with Crippen LogP contribution in [0.15, 0.2) is 0 Å². The maximum atomic E-state index is 14.1. The normalized spacial score (nSPS) is 19.5. The zero-order chi connectivity index (χ0) is 33.2. The van der Waals surface area contributed by atoms with E-state index in [-0.39, 0.29) is 54.1 Å². The largest absolute Gasteiger partial charge is 0.453 e. The molecule has 1 heterocycles. The Hall–Kier alpha value is -2.40.